The maximum absolute atomic E-state index is 13.8. The van der Waals surface area contributed by atoms with Crippen LogP contribution in [0.1, 0.15) is 5.56 Å². The van der Waals surface area contributed by atoms with Gasteiger partial charge in [-0.1, -0.05) is 17.7 Å². The van der Waals surface area contributed by atoms with E-state index in [1.807, 2.05) is 0 Å². The largest absolute Gasteiger partial charge is 0.392 e. The fraction of sp³-hybridized carbons (Fsp3) is 0.0769. The van der Waals surface area contributed by atoms with Crippen LogP contribution in [0.5, 0.6) is 0 Å². The summed E-state index contributed by atoms with van der Waals surface area (Å²) >= 11 is 8.99. The van der Waals surface area contributed by atoms with Crippen LogP contribution in [0.25, 0.3) is 0 Å². The normalized spacial score (nSPS) is 11.4. The van der Waals surface area contributed by atoms with Gasteiger partial charge in [-0.2, -0.15) is 0 Å². The Labute approximate surface area is 134 Å². The number of sulfonamides is 1. The highest BCUT2D eigenvalue weighted by Crippen LogP contribution is 2.27. The first-order valence-electron chi connectivity index (χ1n) is 5.70. The Morgan fingerprint density at radius 3 is 2.52 bits per heavy atom. The average Bonchev–Trinajstić information content (AvgIpc) is 2.42. The van der Waals surface area contributed by atoms with E-state index in [2.05, 4.69) is 20.7 Å². The van der Waals surface area contributed by atoms with Gasteiger partial charge in [-0.15, -0.1) is 0 Å². The molecule has 0 saturated heterocycles. The second-order valence-corrected chi connectivity index (χ2v) is 7.07. The van der Waals surface area contributed by atoms with Crippen LogP contribution in [-0.4, -0.2) is 13.5 Å². The van der Waals surface area contributed by atoms with Crippen LogP contribution in [-0.2, 0) is 16.6 Å². The zero-order valence-electron chi connectivity index (χ0n) is 10.5. The van der Waals surface area contributed by atoms with E-state index >= 15 is 0 Å². The standard InChI is InChI=1S/C13H10BrClFNO3S/c14-10-6-9(2-3-11(10)15)17-21(19,20)13-4-1-8(7-18)5-12(13)16/h1-6,17-18H,7H2. The van der Waals surface area contributed by atoms with Crippen molar-refractivity contribution in [1.82, 2.24) is 0 Å². The van der Waals surface area contributed by atoms with Crippen LogP contribution in [0.4, 0.5) is 10.1 Å². The first kappa shape index (κ1) is 16.2. The van der Waals surface area contributed by atoms with Crippen molar-refractivity contribution in [2.45, 2.75) is 11.5 Å². The predicted octanol–water partition coefficient (Wildman–Crippen LogP) is 3.53. The van der Waals surface area contributed by atoms with E-state index in [4.69, 9.17) is 16.7 Å². The fourth-order valence-corrected chi connectivity index (χ4v) is 3.24. The van der Waals surface area contributed by atoms with E-state index in [0.29, 0.717) is 15.1 Å². The molecule has 21 heavy (non-hydrogen) atoms. The maximum atomic E-state index is 13.8. The molecule has 4 nitrogen and oxygen atoms in total. The van der Waals surface area contributed by atoms with Gasteiger partial charge in [0.1, 0.15) is 10.7 Å². The summed E-state index contributed by atoms with van der Waals surface area (Å²) in [5, 5.41) is 9.33. The van der Waals surface area contributed by atoms with Gasteiger partial charge in [-0.3, -0.25) is 4.72 Å². The summed E-state index contributed by atoms with van der Waals surface area (Å²) in [7, 11) is -4.07. The van der Waals surface area contributed by atoms with E-state index in [1.54, 1.807) is 0 Å². The van der Waals surface area contributed by atoms with Crippen LogP contribution in [0.3, 0.4) is 0 Å². The summed E-state index contributed by atoms with van der Waals surface area (Å²) in [4.78, 5) is -0.495. The Morgan fingerprint density at radius 2 is 1.95 bits per heavy atom. The molecule has 0 spiro atoms. The molecule has 112 valence electrons. The molecule has 2 N–H and O–H groups in total. The summed E-state index contributed by atoms with van der Waals surface area (Å²) < 4.78 is 40.9. The molecule has 0 bridgehead atoms. The molecule has 0 aliphatic carbocycles. The molecule has 2 aromatic carbocycles. The van der Waals surface area contributed by atoms with Crippen molar-refractivity contribution in [3.8, 4) is 0 Å². The number of benzene rings is 2. The number of halogens is 3. The van der Waals surface area contributed by atoms with E-state index < -0.39 is 20.7 Å². The number of aliphatic hydroxyl groups excluding tert-OH is 1. The Morgan fingerprint density at radius 1 is 1.24 bits per heavy atom. The van der Waals surface area contributed by atoms with Gasteiger partial charge < -0.3 is 5.11 Å². The molecular formula is C13H10BrClFNO3S. The van der Waals surface area contributed by atoms with Crippen LogP contribution >= 0.6 is 27.5 Å². The molecule has 0 aromatic heterocycles. The molecule has 0 aliphatic rings. The lowest BCUT2D eigenvalue weighted by atomic mass is 10.2. The highest BCUT2D eigenvalue weighted by atomic mass is 79.9. The zero-order valence-corrected chi connectivity index (χ0v) is 13.6. The van der Waals surface area contributed by atoms with Gasteiger partial charge in [0.05, 0.1) is 17.3 Å². The third-order valence-corrected chi connectivity index (χ3v) is 5.27. The molecule has 0 atom stereocenters. The van der Waals surface area contributed by atoms with Gasteiger partial charge >= 0.3 is 0 Å². The van der Waals surface area contributed by atoms with Gasteiger partial charge in [0.15, 0.2) is 0 Å². The predicted molar refractivity (Wildman–Crippen MR) is 82.3 cm³/mol. The fourth-order valence-electron chi connectivity index (χ4n) is 1.63. The number of rotatable bonds is 4. The Bertz CT molecular complexity index is 783. The molecule has 0 heterocycles. The molecule has 0 unspecified atom stereocenters. The summed E-state index contributed by atoms with van der Waals surface area (Å²) in [5.41, 5.74) is 0.539. The van der Waals surface area contributed by atoms with E-state index in [9.17, 15) is 12.8 Å². The molecule has 0 aliphatic heterocycles. The molecule has 2 rings (SSSR count). The highest BCUT2D eigenvalue weighted by Gasteiger charge is 2.19. The number of hydrogen-bond donors (Lipinski definition) is 2. The van der Waals surface area contributed by atoms with Crippen LogP contribution in [0.2, 0.25) is 5.02 Å². The number of anilines is 1. The van der Waals surface area contributed by atoms with Crippen molar-refractivity contribution in [2.75, 3.05) is 4.72 Å². The number of nitrogens with one attached hydrogen (secondary N) is 1. The molecule has 2 aromatic rings. The number of aliphatic hydroxyl groups is 1. The van der Waals surface area contributed by atoms with Crippen molar-refractivity contribution < 1.29 is 17.9 Å². The SMILES string of the molecule is O=S(=O)(Nc1ccc(Cl)c(Br)c1)c1ccc(CO)cc1F. The van der Waals surface area contributed by atoms with Crippen LogP contribution in [0, 0.1) is 5.82 Å². The van der Waals surface area contributed by atoms with Gasteiger partial charge in [-0.05, 0) is 51.8 Å². The van der Waals surface area contributed by atoms with Gasteiger partial charge in [0.2, 0.25) is 0 Å². The van der Waals surface area contributed by atoms with E-state index in [-0.39, 0.29) is 12.3 Å². The van der Waals surface area contributed by atoms with Crippen LogP contribution < -0.4 is 4.72 Å². The van der Waals surface area contributed by atoms with Crippen molar-refractivity contribution in [3.63, 3.8) is 0 Å². The zero-order chi connectivity index (χ0) is 15.6. The summed E-state index contributed by atoms with van der Waals surface area (Å²) in [6, 6.07) is 7.87. The van der Waals surface area contributed by atoms with Crippen molar-refractivity contribution in [3.05, 3.63) is 57.3 Å². The van der Waals surface area contributed by atoms with E-state index in [0.717, 1.165) is 12.1 Å². The molecule has 8 heteroatoms. The first-order valence-corrected chi connectivity index (χ1v) is 8.36. The monoisotopic (exact) mass is 393 g/mol. The third kappa shape index (κ3) is 3.74. The molecular weight excluding hydrogens is 385 g/mol. The quantitative estimate of drug-likeness (QED) is 0.833. The minimum atomic E-state index is -4.07. The van der Waals surface area contributed by atoms with Crippen molar-refractivity contribution in [2.24, 2.45) is 0 Å². The van der Waals surface area contributed by atoms with Crippen molar-refractivity contribution >= 4 is 43.2 Å². The van der Waals surface area contributed by atoms with Crippen molar-refractivity contribution in [1.29, 1.82) is 0 Å². The topological polar surface area (TPSA) is 66.4 Å². The van der Waals surface area contributed by atoms with Gasteiger partial charge in [-0.25, -0.2) is 12.8 Å². The lowest BCUT2D eigenvalue weighted by Gasteiger charge is -2.10. The Balaban J connectivity index is 2.36. The second-order valence-electron chi connectivity index (χ2n) is 4.16. The molecule has 0 fully saturated rings. The lowest BCUT2D eigenvalue weighted by Crippen LogP contribution is -2.14. The summed E-state index contributed by atoms with van der Waals surface area (Å²) in [5.74, 6) is -0.929. The summed E-state index contributed by atoms with van der Waals surface area (Å²) in [6.07, 6.45) is 0. The summed E-state index contributed by atoms with van der Waals surface area (Å²) in [6.45, 7) is -0.366. The minimum absolute atomic E-state index is 0.247. The lowest BCUT2D eigenvalue weighted by molar-refractivity contribution is 0.281. The third-order valence-electron chi connectivity index (χ3n) is 2.64. The van der Waals surface area contributed by atoms with Gasteiger partial charge in [0.25, 0.3) is 10.0 Å². The second kappa shape index (κ2) is 6.31. The number of hydrogen-bond acceptors (Lipinski definition) is 3. The molecule has 0 amide bonds. The first-order chi connectivity index (χ1) is 9.83. The minimum Gasteiger partial charge on any atom is -0.392 e. The van der Waals surface area contributed by atoms with Gasteiger partial charge in [0, 0.05) is 4.47 Å². The Hall–Kier alpha value is -1.15. The Kier molecular flexibility index (Phi) is 4.88. The molecule has 0 saturated carbocycles. The maximum Gasteiger partial charge on any atom is 0.264 e. The van der Waals surface area contributed by atoms with Crippen LogP contribution in [0.15, 0.2) is 45.8 Å². The smallest absolute Gasteiger partial charge is 0.264 e. The van der Waals surface area contributed by atoms with E-state index in [1.165, 1.54) is 24.3 Å². The molecule has 0 radical (unpaired) electrons. The highest BCUT2D eigenvalue weighted by molar-refractivity contribution is 9.10. The average molecular weight is 395 g/mol.